The van der Waals surface area contributed by atoms with Crippen LogP contribution >= 0.6 is 15.9 Å². The van der Waals surface area contributed by atoms with Crippen LogP contribution in [0.5, 0.6) is 0 Å². The van der Waals surface area contributed by atoms with E-state index in [0.29, 0.717) is 0 Å². The predicted molar refractivity (Wildman–Crippen MR) is 82.5 cm³/mol. The minimum atomic E-state index is -0.636. The van der Waals surface area contributed by atoms with Crippen LogP contribution in [0.1, 0.15) is 57.7 Å². The van der Waals surface area contributed by atoms with Crippen LogP contribution in [0.3, 0.4) is 0 Å². The summed E-state index contributed by atoms with van der Waals surface area (Å²) in [4.78, 5) is 0. The number of nitrogens with zero attached hydrogens (tertiary/aromatic N) is 2. The molecule has 1 aromatic heterocycles. The van der Waals surface area contributed by atoms with Crippen LogP contribution in [0, 0.1) is 5.92 Å². The van der Waals surface area contributed by atoms with Gasteiger partial charge in [-0.1, -0.05) is 13.8 Å². The second-order valence-electron chi connectivity index (χ2n) is 5.95. The molecule has 114 valence electrons. The zero-order chi connectivity index (χ0) is 14.8. The molecule has 4 nitrogen and oxygen atoms in total. The summed E-state index contributed by atoms with van der Waals surface area (Å²) >= 11 is 3.52. The van der Waals surface area contributed by atoms with Crippen LogP contribution in [0.15, 0.2) is 10.7 Å². The van der Waals surface area contributed by atoms with Crippen molar-refractivity contribution in [3.63, 3.8) is 0 Å². The van der Waals surface area contributed by atoms with Crippen LogP contribution in [-0.4, -0.2) is 27.6 Å². The Morgan fingerprint density at radius 3 is 2.75 bits per heavy atom. The van der Waals surface area contributed by atoms with E-state index in [4.69, 9.17) is 4.74 Å². The molecule has 0 saturated heterocycles. The molecule has 0 aromatic carbocycles. The number of hydrogen-bond donors (Lipinski definition) is 1. The molecule has 1 atom stereocenters. The average molecular weight is 345 g/mol. The summed E-state index contributed by atoms with van der Waals surface area (Å²) in [6.07, 6.45) is 6.12. The Labute approximate surface area is 129 Å². The van der Waals surface area contributed by atoms with Crippen LogP contribution in [0.4, 0.5) is 0 Å². The van der Waals surface area contributed by atoms with Crippen LogP contribution in [0.25, 0.3) is 0 Å². The van der Waals surface area contributed by atoms with E-state index in [1.54, 1.807) is 13.3 Å². The minimum Gasteiger partial charge on any atom is -0.384 e. The maximum absolute atomic E-state index is 10.9. The number of hydrogen-bond acceptors (Lipinski definition) is 3. The number of aromatic nitrogens is 2. The van der Waals surface area contributed by atoms with Crippen molar-refractivity contribution < 1.29 is 9.84 Å². The van der Waals surface area contributed by atoms with Gasteiger partial charge in [0.2, 0.25) is 0 Å². The maximum atomic E-state index is 10.9. The zero-order valence-electron chi connectivity index (χ0n) is 12.6. The van der Waals surface area contributed by atoms with Gasteiger partial charge in [0.25, 0.3) is 0 Å². The first-order valence-electron chi connectivity index (χ1n) is 7.48. The highest BCUT2D eigenvalue weighted by atomic mass is 79.9. The molecule has 0 spiro atoms. The van der Waals surface area contributed by atoms with Gasteiger partial charge in [0.1, 0.15) is 6.10 Å². The number of ether oxygens (including phenoxy) is 1. The topological polar surface area (TPSA) is 47.3 Å². The molecule has 1 aromatic rings. The highest BCUT2D eigenvalue weighted by Gasteiger charge is 2.43. The molecule has 5 heteroatoms. The van der Waals surface area contributed by atoms with E-state index >= 15 is 0 Å². The van der Waals surface area contributed by atoms with Crippen molar-refractivity contribution in [2.24, 2.45) is 5.92 Å². The number of aryl methyl sites for hydroxylation is 1. The third-order valence-corrected chi connectivity index (χ3v) is 5.16. The summed E-state index contributed by atoms with van der Waals surface area (Å²) in [6.45, 7) is 5.19. The second kappa shape index (κ2) is 6.58. The Kier molecular flexibility index (Phi) is 5.26. The zero-order valence-corrected chi connectivity index (χ0v) is 14.2. The van der Waals surface area contributed by atoms with Crippen LogP contribution in [-0.2, 0) is 11.3 Å². The summed E-state index contributed by atoms with van der Waals surface area (Å²) in [6, 6.07) is 0. The highest BCUT2D eigenvalue weighted by Crippen LogP contribution is 2.44. The third-order valence-electron chi connectivity index (χ3n) is 4.55. The average Bonchev–Trinajstić information content (AvgIpc) is 2.81. The Balaban J connectivity index is 2.28. The van der Waals surface area contributed by atoms with Crippen molar-refractivity contribution in [3.8, 4) is 0 Å². The lowest BCUT2D eigenvalue weighted by molar-refractivity contribution is -0.133. The highest BCUT2D eigenvalue weighted by molar-refractivity contribution is 9.10. The lowest BCUT2D eigenvalue weighted by Crippen LogP contribution is -2.42. The SMILES string of the molecule is CCCn1ncc(Br)c1C(O)C1(OC)CCC(C)CC1. The fourth-order valence-corrected chi connectivity index (χ4v) is 3.64. The van der Waals surface area contributed by atoms with E-state index in [-0.39, 0.29) is 0 Å². The molecule has 20 heavy (non-hydrogen) atoms. The lowest BCUT2D eigenvalue weighted by atomic mass is 9.75. The lowest BCUT2D eigenvalue weighted by Gasteiger charge is -2.41. The van der Waals surface area contributed by atoms with Crippen LogP contribution < -0.4 is 0 Å². The third kappa shape index (κ3) is 2.95. The van der Waals surface area contributed by atoms with E-state index in [0.717, 1.165) is 54.7 Å². The molecule has 0 bridgehead atoms. The molecule has 0 radical (unpaired) electrons. The van der Waals surface area contributed by atoms with E-state index in [9.17, 15) is 5.11 Å². The van der Waals surface area contributed by atoms with Gasteiger partial charge < -0.3 is 9.84 Å². The molecule has 1 heterocycles. The maximum Gasteiger partial charge on any atom is 0.126 e. The number of aliphatic hydroxyl groups excluding tert-OH is 1. The number of aliphatic hydroxyl groups is 1. The molecule has 1 aliphatic rings. The first-order valence-corrected chi connectivity index (χ1v) is 8.27. The van der Waals surface area contributed by atoms with Gasteiger partial charge in [0.05, 0.1) is 22.0 Å². The fourth-order valence-electron chi connectivity index (χ4n) is 3.12. The molecule has 1 aliphatic carbocycles. The Hall–Kier alpha value is -0.390. The van der Waals surface area contributed by atoms with Gasteiger partial charge in [-0.05, 0) is 54.0 Å². The summed E-state index contributed by atoms with van der Waals surface area (Å²) in [5, 5.41) is 15.3. The van der Waals surface area contributed by atoms with Gasteiger partial charge in [-0.2, -0.15) is 5.10 Å². The standard InChI is InChI=1S/C15H25BrN2O2/c1-4-9-18-13(12(16)10-17-18)14(19)15(20-3)7-5-11(2)6-8-15/h10-11,14,19H,4-9H2,1-3H3. The smallest absolute Gasteiger partial charge is 0.126 e. The Bertz CT molecular complexity index is 439. The Morgan fingerprint density at radius 2 is 2.20 bits per heavy atom. The molecule has 1 N–H and O–H groups in total. The van der Waals surface area contributed by atoms with Gasteiger partial charge in [0, 0.05) is 13.7 Å². The van der Waals surface area contributed by atoms with E-state index in [1.165, 1.54) is 0 Å². The molecular weight excluding hydrogens is 320 g/mol. The van der Waals surface area contributed by atoms with Crippen molar-refractivity contribution in [2.45, 2.75) is 64.2 Å². The predicted octanol–water partition coefficient (Wildman–Crippen LogP) is 3.68. The molecular formula is C15H25BrN2O2. The summed E-state index contributed by atoms with van der Waals surface area (Å²) < 4.78 is 8.55. The van der Waals surface area contributed by atoms with Crippen molar-refractivity contribution in [1.82, 2.24) is 9.78 Å². The quantitative estimate of drug-likeness (QED) is 0.885. The van der Waals surface area contributed by atoms with Crippen molar-refractivity contribution >= 4 is 15.9 Å². The molecule has 2 rings (SSSR count). The summed E-state index contributed by atoms with van der Waals surface area (Å²) in [5.41, 5.74) is 0.379. The molecule has 1 saturated carbocycles. The number of halogens is 1. The first kappa shape index (κ1) is 16.0. The summed E-state index contributed by atoms with van der Waals surface area (Å²) in [5.74, 6) is 0.717. The van der Waals surface area contributed by atoms with Gasteiger partial charge in [0.15, 0.2) is 0 Å². The van der Waals surface area contributed by atoms with E-state index in [2.05, 4.69) is 34.9 Å². The van der Waals surface area contributed by atoms with Gasteiger partial charge in [-0.3, -0.25) is 4.68 Å². The van der Waals surface area contributed by atoms with Crippen LogP contribution in [0.2, 0.25) is 0 Å². The largest absolute Gasteiger partial charge is 0.384 e. The monoisotopic (exact) mass is 344 g/mol. The van der Waals surface area contributed by atoms with Crippen molar-refractivity contribution in [3.05, 3.63) is 16.4 Å². The molecule has 0 amide bonds. The fraction of sp³-hybridized carbons (Fsp3) is 0.800. The number of methoxy groups -OCH3 is 1. The number of rotatable bonds is 5. The Morgan fingerprint density at radius 1 is 1.55 bits per heavy atom. The minimum absolute atomic E-state index is 0.472. The van der Waals surface area contributed by atoms with Gasteiger partial charge in [-0.25, -0.2) is 0 Å². The molecule has 0 aliphatic heterocycles. The second-order valence-corrected chi connectivity index (χ2v) is 6.81. The van der Waals surface area contributed by atoms with Crippen molar-refractivity contribution in [1.29, 1.82) is 0 Å². The molecule has 1 unspecified atom stereocenters. The summed E-state index contributed by atoms with van der Waals surface area (Å²) in [7, 11) is 1.72. The van der Waals surface area contributed by atoms with Crippen molar-refractivity contribution in [2.75, 3.05) is 7.11 Å². The first-order chi connectivity index (χ1) is 9.54. The van der Waals surface area contributed by atoms with E-state index < -0.39 is 11.7 Å². The van der Waals surface area contributed by atoms with E-state index in [1.807, 2.05) is 4.68 Å². The van der Waals surface area contributed by atoms with Gasteiger partial charge >= 0.3 is 0 Å². The normalized spacial score (nSPS) is 28.6. The molecule has 1 fully saturated rings. The van der Waals surface area contributed by atoms with Gasteiger partial charge in [-0.15, -0.1) is 0 Å².